The number of sulfone groups is 1. The lowest BCUT2D eigenvalue weighted by molar-refractivity contribution is 0.0692. The van der Waals surface area contributed by atoms with Crippen molar-refractivity contribution in [3.05, 3.63) is 81.8 Å². The summed E-state index contributed by atoms with van der Waals surface area (Å²) in [6, 6.07) is 13.5. The fourth-order valence-electron chi connectivity index (χ4n) is 2.63. The van der Waals surface area contributed by atoms with Gasteiger partial charge in [0.2, 0.25) is 9.84 Å². The number of nitrogens with two attached hydrogens (primary N) is 1. The molecule has 0 aliphatic rings. The first kappa shape index (κ1) is 21.6. The largest absolute Gasteiger partial charge is 0.478 e. The van der Waals surface area contributed by atoms with Gasteiger partial charge < -0.3 is 16.2 Å². The molecule has 4 N–H and O–H groups in total. The van der Waals surface area contributed by atoms with E-state index >= 15 is 0 Å². The van der Waals surface area contributed by atoms with Gasteiger partial charge >= 0.3 is 5.97 Å². The second kappa shape index (κ2) is 8.35. The number of carboxylic acid groups (broad SMARTS) is 1. The number of hydrogen-bond donors (Lipinski definition) is 3. The molecule has 30 heavy (non-hydrogen) atoms. The highest BCUT2D eigenvalue weighted by Crippen LogP contribution is 2.28. The van der Waals surface area contributed by atoms with Crippen molar-refractivity contribution in [2.45, 2.75) is 9.79 Å². The summed E-state index contributed by atoms with van der Waals surface area (Å²) in [5.74, 6) is -2.15. The number of nitrogens with one attached hydrogen (secondary N) is 1. The third kappa shape index (κ3) is 4.40. The van der Waals surface area contributed by atoms with E-state index in [2.05, 4.69) is 5.32 Å². The minimum Gasteiger partial charge on any atom is -0.478 e. The Balaban J connectivity index is 1.95. The van der Waals surface area contributed by atoms with E-state index < -0.39 is 21.7 Å². The maximum Gasteiger partial charge on any atom is 0.336 e. The highest BCUT2D eigenvalue weighted by molar-refractivity contribution is 7.91. The Labute approximate surface area is 182 Å². The molecule has 3 rings (SSSR count). The maximum absolute atomic E-state index is 12.8. The zero-order chi connectivity index (χ0) is 22.1. The highest BCUT2D eigenvalue weighted by atomic mass is 35.5. The minimum atomic E-state index is -3.85. The Morgan fingerprint density at radius 2 is 1.47 bits per heavy atom. The number of carbonyl (C=O) groups excluding carboxylic acids is 1. The van der Waals surface area contributed by atoms with Crippen LogP contribution in [0.1, 0.15) is 20.7 Å². The van der Waals surface area contributed by atoms with Crippen LogP contribution in [0.5, 0.6) is 0 Å². The van der Waals surface area contributed by atoms with Crippen molar-refractivity contribution in [2.24, 2.45) is 0 Å². The van der Waals surface area contributed by atoms with Crippen LogP contribution in [-0.2, 0) is 9.84 Å². The summed E-state index contributed by atoms with van der Waals surface area (Å²) >= 11 is 11.7. The lowest BCUT2D eigenvalue weighted by Gasteiger charge is -2.11. The number of carboxylic acids is 1. The molecule has 0 aromatic heterocycles. The van der Waals surface area contributed by atoms with Gasteiger partial charge in [-0.2, -0.15) is 0 Å². The summed E-state index contributed by atoms with van der Waals surface area (Å²) in [5.41, 5.74) is 5.61. The maximum atomic E-state index is 12.8. The molecular weight excluding hydrogens is 451 g/mol. The summed E-state index contributed by atoms with van der Waals surface area (Å²) in [4.78, 5) is 24.1. The molecule has 3 aromatic rings. The van der Waals surface area contributed by atoms with Gasteiger partial charge in [0.15, 0.2) is 0 Å². The Hall–Kier alpha value is -3.07. The molecule has 0 spiro atoms. The van der Waals surface area contributed by atoms with Crippen LogP contribution in [0, 0.1) is 0 Å². The number of rotatable bonds is 5. The smallest absolute Gasteiger partial charge is 0.336 e. The molecular formula is C20H14Cl2N2O5S. The van der Waals surface area contributed by atoms with Crippen LogP contribution in [0.25, 0.3) is 0 Å². The molecule has 0 saturated heterocycles. The molecule has 7 nitrogen and oxygen atoms in total. The van der Waals surface area contributed by atoms with E-state index in [0.717, 1.165) is 12.1 Å². The SMILES string of the molecule is Nc1ccc(S(=O)(=O)c2cccc(NC(=O)c3cc(Cl)c(Cl)cc3C(=O)O)c2)cc1. The van der Waals surface area contributed by atoms with Crippen molar-refractivity contribution in [2.75, 3.05) is 11.1 Å². The van der Waals surface area contributed by atoms with E-state index in [9.17, 15) is 23.1 Å². The average molecular weight is 465 g/mol. The van der Waals surface area contributed by atoms with Crippen LogP contribution in [0.2, 0.25) is 10.0 Å². The van der Waals surface area contributed by atoms with E-state index in [1.807, 2.05) is 0 Å². The fourth-order valence-corrected chi connectivity index (χ4v) is 4.27. The summed E-state index contributed by atoms with van der Waals surface area (Å²) in [6.07, 6.45) is 0. The molecule has 3 aromatic carbocycles. The predicted molar refractivity (Wildman–Crippen MR) is 114 cm³/mol. The topological polar surface area (TPSA) is 127 Å². The third-order valence-corrected chi connectivity index (χ3v) is 6.62. The van der Waals surface area contributed by atoms with Crippen molar-refractivity contribution >= 4 is 56.3 Å². The predicted octanol–water partition coefficient (Wildman–Crippen LogP) is 4.36. The van der Waals surface area contributed by atoms with Crippen molar-refractivity contribution in [1.29, 1.82) is 0 Å². The van der Waals surface area contributed by atoms with Gasteiger partial charge in [-0.05, 0) is 54.6 Å². The second-order valence-corrected chi connectivity index (χ2v) is 8.94. The molecule has 0 atom stereocenters. The van der Waals surface area contributed by atoms with Gasteiger partial charge in [-0.1, -0.05) is 29.3 Å². The molecule has 0 bridgehead atoms. The zero-order valence-corrected chi connectivity index (χ0v) is 17.4. The fraction of sp³-hybridized carbons (Fsp3) is 0. The number of amides is 1. The standard InChI is InChI=1S/C20H14Cl2N2O5S/c21-17-9-15(16(20(26)27)10-18(17)22)19(25)24-12-2-1-3-14(8-12)30(28,29)13-6-4-11(23)5-7-13/h1-10H,23H2,(H,24,25)(H,26,27). The Bertz CT molecular complexity index is 1260. The van der Waals surface area contributed by atoms with Gasteiger partial charge in [0.05, 0.1) is 31.0 Å². The summed E-state index contributed by atoms with van der Waals surface area (Å²) in [6.45, 7) is 0. The van der Waals surface area contributed by atoms with Gasteiger partial charge in [0.25, 0.3) is 5.91 Å². The Morgan fingerprint density at radius 3 is 2.07 bits per heavy atom. The van der Waals surface area contributed by atoms with E-state index in [4.69, 9.17) is 28.9 Å². The molecule has 0 aliphatic carbocycles. The first-order valence-electron chi connectivity index (χ1n) is 8.34. The number of nitrogen functional groups attached to an aromatic ring is 1. The van der Waals surface area contributed by atoms with Crippen molar-refractivity contribution in [3.63, 3.8) is 0 Å². The first-order chi connectivity index (χ1) is 14.1. The van der Waals surface area contributed by atoms with E-state index in [-0.39, 0.29) is 36.7 Å². The number of carbonyl (C=O) groups is 2. The third-order valence-electron chi connectivity index (χ3n) is 4.13. The molecule has 0 saturated carbocycles. The molecule has 0 heterocycles. The summed E-state index contributed by atoms with van der Waals surface area (Å²) in [5, 5.41) is 11.8. The Kier molecular flexibility index (Phi) is 6.02. The average Bonchev–Trinajstić information content (AvgIpc) is 2.70. The van der Waals surface area contributed by atoms with Crippen molar-refractivity contribution in [1.82, 2.24) is 0 Å². The minimum absolute atomic E-state index is 0.00601. The quantitative estimate of drug-likeness (QED) is 0.481. The van der Waals surface area contributed by atoms with Gasteiger partial charge in [-0.25, -0.2) is 13.2 Å². The first-order valence-corrected chi connectivity index (χ1v) is 10.6. The number of anilines is 2. The van der Waals surface area contributed by atoms with E-state index in [1.165, 1.54) is 48.5 Å². The normalized spacial score (nSPS) is 11.1. The number of benzene rings is 3. The van der Waals surface area contributed by atoms with Crippen molar-refractivity contribution < 1.29 is 23.1 Å². The number of aromatic carboxylic acids is 1. The van der Waals surface area contributed by atoms with Gasteiger partial charge in [0.1, 0.15) is 0 Å². The monoisotopic (exact) mass is 464 g/mol. The molecule has 0 aliphatic heterocycles. The van der Waals surface area contributed by atoms with Gasteiger partial charge in [0, 0.05) is 11.4 Å². The number of halogens is 2. The van der Waals surface area contributed by atoms with E-state index in [0.29, 0.717) is 5.69 Å². The van der Waals surface area contributed by atoms with Crippen LogP contribution in [0.15, 0.2) is 70.5 Å². The molecule has 0 fully saturated rings. The zero-order valence-electron chi connectivity index (χ0n) is 15.1. The lowest BCUT2D eigenvalue weighted by Crippen LogP contribution is -2.17. The molecule has 0 radical (unpaired) electrons. The second-order valence-electron chi connectivity index (χ2n) is 6.17. The molecule has 154 valence electrons. The van der Waals surface area contributed by atoms with Crippen molar-refractivity contribution in [3.8, 4) is 0 Å². The van der Waals surface area contributed by atoms with Crippen LogP contribution < -0.4 is 11.1 Å². The summed E-state index contributed by atoms with van der Waals surface area (Å²) < 4.78 is 25.6. The molecule has 1 amide bonds. The number of hydrogen-bond acceptors (Lipinski definition) is 5. The Morgan fingerprint density at radius 1 is 0.867 bits per heavy atom. The van der Waals surface area contributed by atoms with Crippen LogP contribution in [0.4, 0.5) is 11.4 Å². The lowest BCUT2D eigenvalue weighted by atomic mass is 10.1. The van der Waals surface area contributed by atoms with Gasteiger partial charge in [-0.3, -0.25) is 4.79 Å². The molecule has 0 unspecified atom stereocenters. The van der Waals surface area contributed by atoms with E-state index in [1.54, 1.807) is 0 Å². The van der Waals surface area contributed by atoms with Crippen LogP contribution in [0.3, 0.4) is 0 Å². The molecule has 10 heteroatoms. The highest BCUT2D eigenvalue weighted by Gasteiger charge is 2.21. The van der Waals surface area contributed by atoms with Crippen LogP contribution >= 0.6 is 23.2 Å². The van der Waals surface area contributed by atoms with Crippen LogP contribution in [-0.4, -0.2) is 25.4 Å². The van der Waals surface area contributed by atoms with Gasteiger partial charge in [-0.15, -0.1) is 0 Å². The summed E-state index contributed by atoms with van der Waals surface area (Å²) in [7, 11) is -3.85.